The number of phenolic OH excluding ortho intramolecular Hbond substituents is 2. The predicted octanol–water partition coefficient (Wildman–Crippen LogP) is 5.23. The van der Waals surface area contributed by atoms with Gasteiger partial charge in [-0.15, -0.1) is 0 Å². The first-order chi connectivity index (χ1) is 14.0. The van der Waals surface area contributed by atoms with E-state index in [1.807, 2.05) is 18.2 Å². The van der Waals surface area contributed by atoms with Gasteiger partial charge in [0, 0.05) is 16.7 Å². The van der Waals surface area contributed by atoms with Crippen molar-refractivity contribution in [3.8, 4) is 23.0 Å². The van der Waals surface area contributed by atoms with E-state index in [1.54, 1.807) is 37.5 Å². The summed E-state index contributed by atoms with van der Waals surface area (Å²) >= 11 is 5.97. The summed E-state index contributed by atoms with van der Waals surface area (Å²) in [5, 5.41) is 19.7. The Labute approximate surface area is 173 Å². The Morgan fingerprint density at radius 1 is 1.07 bits per heavy atom. The average molecular weight is 411 g/mol. The zero-order valence-electron chi connectivity index (χ0n) is 15.6. The first-order valence-corrected chi connectivity index (χ1v) is 9.14. The summed E-state index contributed by atoms with van der Waals surface area (Å²) < 4.78 is 11.2. The van der Waals surface area contributed by atoms with E-state index in [4.69, 9.17) is 21.1 Å². The number of hydrogen-bond donors (Lipinski definition) is 2. The average Bonchev–Trinajstić information content (AvgIpc) is 2.70. The van der Waals surface area contributed by atoms with E-state index in [9.17, 15) is 15.0 Å². The molecule has 0 radical (unpaired) electrons. The van der Waals surface area contributed by atoms with E-state index in [1.165, 1.54) is 18.2 Å². The lowest BCUT2D eigenvalue weighted by molar-refractivity contribution is 0.104. The highest BCUT2D eigenvalue weighted by Gasteiger charge is 2.09. The monoisotopic (exact) mass is 410 g/mol. The lowest BCUT2D eigenvalue weighted by atomic mass is 10.1. The van der Waals surface area contributed by atoms with Gasteiger partial charge in [0.25, 0.3) is 0 Å². The van der Waals surface area contributed by atoms with Gasteiger partial charge < -0.3 is 19.7 Å². The molecule has 0 saturated carbocycles. The van der Waals surface area contributed by atoms with Crippen molar-refractivity contribution >= 4 is 23.5 Å². The van der Waals surface area contributed by atoms with Gasteiger partial charge in [-0.3, -0.25) is 4.79 Å². The van der Waals surface area contributed by atoms with Gasteiger partial charge >= 0.3 is 0 Å². The zero-order valence-corrected chi connectivity index (χ0v) is 16.4. The molecule has 0 fully saturated rings. The summed E-state index contributed by atoms with van der Waals surface area (Å²) in [5.74, 6) is 0.535. The summed E-state index contributed by atoms with van der Waals surface area (Å²) in [5.41, 5.74) is 1.67. The molecule has 0 unspecified atom stereocenters. The minimum absolute atomic E-state index is 0.108. The molecule has 3 aromatic rings. The summed E-state index contributed by atoms with van der Waals surface area (Å²) in [6.45, 7) is 0.262. The SMILES string of the molecule is COc1ccc(/C=C/C(=O)c2ccc(O)cc2O)cc1COc1cccc(Cl)c1. The normalized spacial score (nSPS) is 10.8. The molecule has 0 aliphatic heterocycles. The van der Waals surface area contributed by atoms with E-state index in [0.29, 0.717) is 16.5 Å². The van der Waals surface area contributed by atoms with Crippen LogP contribution in [0.15, 0.2) is 66.7 Å². The number of methoxy groups -OCH3 is 1. The molecular weight excluding hydrogens is 392 g/mol. The Morgan fingerprint density at radius 3 is 2.62 bits per heavy atom. The van der Waals surface area contributed by atoms with Crippen molar-refractivity contribution in [2.24, 2.45) is 0 Å². The van der Waals surface area contributed by atoms with Gasteiger partial charge in [-0.25, -0.2) is 0 Å². The largest absolute Gasteiger partial charge is 0.508 e. The van der Waals surface area contributed by atoms with Gasteiger partial charge in [0.05, 0.1) is 12.7 Å². The highest BCUT2D eigenvalue weighted by Crippen LogP contribution is 2.26. The molecule has 0 saturated heterocycles. The molecule has 6 heteroatoms. The lowest BCUT2D eigenvalue weighted by Crippen LogP contribution is -1.99. The molecular formula is C23H19ClO5. The highest BCUT2D eigenvalue weighted by atomic mass is 35.5. The molecule has 5 nitrogen and oxygen atoms in total. The number of benzene rings is 3. The molecule has 0 aliphatic rings. The molecule has 0 spiro atoms. The van der Waals surface area contributed by atoms with E-state index in [2.05, 4.69) is 0 Å². The van der Waals surface area contributed by atoms with Gasteiger partial charge in [0.1, 0.15) is 29.6 Å². The zero-order chi connectivity index (χ0) is 20.8. The van der Waals surface area contributed by atoms with Crippen LogP contribution in [0.4, 0.5) is 0 Å². The molecule has 3 rings (SSSR count). The van der Waals surface area contributed by atoms with Crippen LogP contribution in [0.1, 0.15) is 21.5 Å². The number of ketones is 1. The number of ether oxygens (including phenoxy) is 2. The number of halogens is 1. The number of phenols is 2. The van der Waals surface area contributed by atoms with Crippen LogP contribution in [0.2, 0.25) is 5.02 Å². The summed E-state index contributed by atoms with van der Waals surface area (Å²) in [6, 6.07) is 16.4. The third kappa shape index (κ3) is 5.30. The Bertz CT molecular complexity index is 1060. The highest BCUT2D eigenvalue weighted by molar-refractivity contribution is 6.30. The van der Waals surface area contributed by atoms with Gasteiger partial charge in [-0.05, 0) is 54.1 Å². The Balaban J connectivity index is 1.76. The quantitative estimate of drug-likeness (QED) is 0.411. The van der Waals surface area contributed by atoms with Crippen molar-refractivity contribution in [2.75, 3.05) is 7.11 Å². The third-order valence-corrected chi connectivity index (χ3v) is 4.40. The van der Waals surface area contributed by atoms with Crippen LogP contribution in [0.3, 0.4) is 0 Å². The van der Waals surface area contributed by atoms with Gasteiger partial charge in [-0.1, -0.05) is 29.8 Å². The predicted molar refractivity (Wildman–Crippen MR) is 112 cm³/mol. The van der Waals surface area contributed by atoms with Crippen molar-refractivity contribution in [2.45, 2.75) is 6.61 Å². The molecule has 29 heavy (non-hydrogen) atoms. The first kappa shape index (κ1) is 20.3. The first-order valence-electron chi connectivity index (χ1n) is 8.76. The van der Waals surface area contributed by atoms with Gasteiger partial charge in [0.2, 0.25) is 0 Å². The Kier molecular flexibility index (Phi) is 6.42. The summed E-state index contributed by atoms with van der Waals surface area (Å²) in [7, 11) is 1.57. The lowest BCUT2D eigenvalue weighted by Gasteiger charge is -2.11. The Morgan fingerprint density at radius 2 is 1.90 bits per heavy atom. The molecule has 0 atom stereocenters. The van der Waals surface area contributed by atoms with Crippen molar-refractivity contribution in [1.82, 2.24) is 0 Å². The maximum atomic E-state index is 12.3. The second-order valence-electron chi connectivity index (χ2n) is 6.22. The van der Waals surface area contributed by atoms with Gasteiger partial charge in [-0.2, -0.15) is 0 Å². The van der Waals surface area contributed by atoms with Crippen molar-refractivity contribution in [3.63, 3.8) is 0 Å². The van der Waals surface area contributed by atoms with Gasteiger partial charge in [0.15, 0.2) is 5.78 Å². The van der Waals surface area contributed by atoms with Crippen LogP contribution in [-0.2, 0) is 6.61 Å². The van der Waals surface area contributed by atoms with Crippen LogP contribution in [0, 0.1) is 0 Å². The number of allylic oxidation sites excluding steroid dienone is 1. The maximum absolute atomic E-state index is 12.3. The molecule has 0 amide bonds. The van der Waals surface area contributed by atoms with Crippen LogP contribution < -0.4 is 9.47 Å². The third-order valence-electron chi connectivity index (χ3n) is 4.17. The summed E-state index contributed by atoms with van der Waals surface area (Å²) in [4.78, 5) is 12.3. The van der Waals surface area contributed by atoms with Crippen LogP contribution in [0.25, 0.3) is 6.08 Å². The van der Waals surface area contributed by atoms with E-state index >= 15 is 0 Å². The molecule has 0 heterocycles. The molecule has 2 N–H and O–H groups in total. The topological polar surface area (TPSA) is 76.0 Å². The van der Waals surface area contributed by atoms with Crippen LogP contribution in [0.5, 0.6) is 23.0 Å². The smallest absolute Gasteiger partial charge is 0.189 e. The molecule has 0 aliphatic carbocycles. The minimum atomic E-state index is -0.380. The number of rotatable bonds is 7. The molecule has 0 aromatic heterocycles. The number of carbonyl (C=O) groups excluding carboxylic acids is 1. The number of carbonyl (C=O) groups is 1. The maximum Gasteiger partial charge on any atom is 0.189 e. The van der Waals surface area contributed by atoms with E-state index in [-0.39, 0.29) is 29.5 Å². The number of hydrogen-bond acceptors (Lipinski definition) is 5. The second kappa shape index (κ2) is 9.17. The fourth-order valence-corrected chi connectivity index (χ4v) is 2.90. The molecule has 3 aromatic carbocycles. The van der Waals surface area contributed by atoms with Crippen molar-refractivity contribution in [3.05, 3.63) is 88.5 Å². The van der Waals surface area contributed by atoms with Crippen LogP contribution >= 0.6 is 11.6 Å². The van der Waals surface area contributed by atoms with E-state index < -0.39 is 0 Å². The summed E-state index contributed by atoms with van der Waals surface area (Å²) in [6.07, 6.45) is 2.99. The minimum Gasteiger partial charge on any atom is -0.508 e. The molecule has 0 bridgehead atoms. The second-order valence-corrected chi connectivity index (χ2v) is 6.65. The number of aromatic hydroxyl groups is 2. The fourth-order valence-electron chi connectivity index (χ4n) is 2.72. The standard InChI is InChI=1S/C23H19ClO5/c1-28-23-10-6-15(5-9-21(26)20-8-7-18(25)13-22(20)27)11-16(23)14-29-19-4-2-3-17(24)12-19/h2-13,25,27H,14H2,1H3/b9-5+. The Hall–Kier alpha value is -3.44. The van der Waals surface area contributed by atoms with Crippen molar-refractivity contribution < 1.29 is 24.5 Å². The molecule has 148 valence electrons. The van der Waals surface area contributed by atoms with Crippen LogP contribution in [-0.4, -0.2) is 23.1 Å². The fraction of sp³-hybridized carbons (Fsp3) is 0.0870. The van der Waals surface area contributed by atoms with Crippen molar-refractivity contribution in [1.29, 1.82) is 0 Å². The van der Waals surface area contributed by atoms with E-state index in [0.717, 1.165) is 17.2 Å².